The average molecular weight is 297 g/mol. The van der Waals surface area contributed by atoms with E-state index in [-0.39, 0.29) is 0 Å². The normalized spacial score (nSPS) is 22.0. The molecular weight excluding hydrogens is 272 g/mol. The number of methoxy groups -OCH3 is 1. The van der Waals surface area contributed by atoms with Gasteiger partial charge in [-0.05, 0) is 37.4 Å². The molecule has 0 bridgehead atoms. The molecular formula is C16H25ClN2O. The molecule has 2 rings (SSSR count). The Morgan fingerprint density at radius 2 is 2.05 bits per heavy atom. The Balaban J connectivity index is 1.61. The second-order valence-electron chi connectivity index (χ2n) is 5.64. The molecule has 0 atom stereocenters. The van der Waals surface area contributed by atoms with E-state index in [0.29, 0.717) is 12.0 Å². The topological polar surface area (TPSA) is 24.5 Å². The van der Waals surface area contributed by atoms with Crippen molar-refractivity contribution in [2.45, 2.75) is 24.8 Å². The molecule has 0 aliphatic heterocycles. The number of rotatable bonds is 8. The van der Waals surface area contributed by atoms with Crippen LogP contribution >= 0.6 is 11.6 Å². The molecule has 0 radical (unpaired) electrons. The fourth-order valence-electron chi connectivity index (χ4n) is 2.66. The lowest BCUT2D eigenvalue weighted by atomic mass is 9.76. The predicted molar refractivity (Wildman–Crippen MR) is 84.6 cm³/mol. The first-order valence-electron chi connectivity index (χ1n) is 7.36. The summed E-state index contributed by atoms with van der Waals surface area (Å²) >= 11 is 6.23. The van der Waals surface area contributed by atoms with E-state index in [1.165, 1.54) is 18.4 Å². The molecule has 1 aromatic carbocycles. The SMILES string of the molecule is COCCN(C)CCNC1CC(c2ccccc2Cl)C1. The third-order valence-electron chi connectivity index (χ3n) is 4.09. The first kappa shape index (κ1) is 15.8. The maximum atomic E-state index is 6.23. The first-order chi connectivity index (χ1) is 9.70. The minimum Gasteiger partial charge on any atom is -0.383 e. The Bertz CT molecular complexity index is 407. The van der Waals surface area contributed by atoms with Crippen LogP contribution in [0.15, 0.2) is 24.3 Å². The van der Waals surface area contributed by atoms with Crippen molar-refractivity contribution in [3.8, 4) is 0 Å². The van der Waals surface area contributed by atoms with Crippen molar-refractivity contribution in [2.24, 2.45) is 0 Å². The molecule has 1 aromatic rings. The Kier molecular flexibility index (Phi) is 6.30. The van der Waals surface area contributed by atoms with Gasteiger partial charge in [0.05, 0.1) is 6.61 Å². The number of hydrogen-bond donors (Lipinski definition) is 1. The van der Waals surface area contributed by atoms with E-state index < -0.39 is 0 Å². The number of ether oxygens (including phenoxy) is 1. The molecule has 20 heavy (non-hydrogen) atoms. The third-order valence-corrected chi connectivity index (χ3v) is 4.43. The summed E-state index contributed by atoms with van der Waals surface area (Å²) in [5.41, 5.74) is 1.31. The van der Waals surface area contributed by atoms with Crippen LogP contribution in [0.5, 0.6) is 0 Å². The second kappa shape index (κ2) is 7.99. The molecule has 1 aliphatic rings. The lowest BCUT2D eigenvalue weighted by molar-refractivity contribution is 0.159. The van der Waals surface area contributed by atoms with Crippen molar-refractivity contribution in [1.29, 1.82) is 0 Å². The van der Waals surface area contributed by atoms with Gasteiger partial charge in [-0.2, -0.15) is 0 Å². The van der Waals surface area contributed by atoms with Crippen LogP contribution in [-0.4, -0.2) is 51.3 Å². The molecule has 1 N–H and O–H groups in total. The van der Waals surface area contributed by atoms with Gasteiger partial charge < -0.3 is 15.0 Å². The zero-order valence-corrected chi connectivity index (χ0v) is 13.2. The molecule has 0 aromatic heterocycles. The van der Waals surface area contributed by atoms with Crippen LogP contribution < -0.4 is 5.32 Å². The van der Waals surface area contributed by atoms with Gasteiger partial charge in [-0.1, -0.05) is 29.8 Å². The van der Waals surface area contributed by atoms with Gasteiger partial charge in [0.2, 0.25) is 0 Å². The van der Waals surface area contributed by atoms with Crippen LogP contribution in [0, 0.1) is 0 Å². The molecule has 1 fully saturated rings. The molecule has 0 amide bonds. The maximum Gasteiger partial charge on any atom is 0.0589 e. The zero-order valence-electron chi connectivity index (χ0n) is 12.4. The van der Waals surface area contributed by atoms with Gasteiger partial charge in [0.25, 0.3) is 0 Å². The molecule has 4 heteroatoms. The molecule has 1 aliphatic carbocycles. The van der Waals surface area contributed by atoms with Crippen LogP contribution in [-0.2, 0) is 4.74 Å². The van der Waals surface area contributed by atoms with E-state index in [1.807, 2.05) is 12.1 Å². The van der Waals surface area contributed by atoms with Crippen LogP contribution in [0.25, 0.3) is 0 Å². The van der Waals surface area contributed by atoms with Crippen molar-refractivity contribution in [3.63, 3.8) is 0 Å². The largest absolute Gasteiger partial charge is 0.383 e. The molecule has 0 spiro atoms. The number of halogens is 1. The summed E-state index contributed by atoms with van der Waals surface area (Å²) in [5.74, 6) is 0.632. The summed E-state index contributed by atoms with van der Waals surface area (Å²) in [7, 11) is 3.88. The highest BCUT2D eigenvalue weighted by Gasteiger charge is 2.30. The number of nitrogens with one attached hydrogen (secondary N) is 1. The van der Waals surface area contributed by atoms with Gasteiger partial charge in [0.1, 0.15) is 0 Å². The van der Waals surface area contributed by atoms with Gasteiger partial charge in [-0.25, -0.2) is 0 Å². The van der Waals surface area contributed by atoms with Gasteiger partial charge in [-0.3, -0.25) is 0 Å². The summed E-state index contributed by atoms with van der Waals surface area (Å²) in [4.78, 5) is 2.29. The summed E-state index contributed by atoms with van der Waals surface area (Å²) in [6.45, 7) is 3.90. The number of likely N-dealkylation sites (N-methyl/N-ethyl adjacent to an activating group) is 1. The number of hydrogen-bond acceptors (Lipinski definition) is 3. The minimum atomic E-state index is 0.632. The highest BCUT2D eigenvalue weighted by Crippen LogP contribution is 2.39. The highest BCUT2D eigenvalue weighted by atomic mass is 35.5. The minimum absolute atomic E-state index is 0.632. The summed E-state index contributed by atoms with van der Waals surface area (Å²) in [6.07, 6.45) is 2.40. The van der Waals surface area contributed by atoms with Gasteiger partial charge in [-0.15, -0.1) is 0 Å². The Hall–Kier alpha value is -0.610. The quantitative estimate of drug-likeness (QED) is 0.798. The monoisotopic (exact) mass is 296 g/mol. The van der Waals surface area contributed by atoms with Crippen molar-refractivity contribution in [1.82, 2.24) is 10.2 Å². The van der Waals surface area contributed by atoms with Gasteiger partial charge in [0, 0.05) is 37.8 Å². The molecule has 0 unspecified atom stereocenters. The molecule has 1 saturated carbocycles. The lowest BCUT2D eigenvalue weighted by Crippen LogP contribution is -2.43. The average Bonchev–Trinajstić information content (AvgIpc) is 2.40. The van der Waals surface area contributed by atoms with E-state index >= 15 is 0 Å². The lowest BCUT2D eigenvalue weighted by Gasteiger charge is -2.37. The van der Waals surface area contributed by atoms with Gasteiger partial charge in [0.15, 0.2) is 0 Å². The van der Waals surface area contributed by atoms with E-state index in [2.05, 4.69) is 29.4 Å². The van der Waals surface area contributed by atoms with Crippen LogP contribution in [0.1, 0.15) is 24.3 Å². The van der Waals surface area contributed by atoms with Gasteiger partial charge >= 0.3 is 0 Å². The predicted octanol–water partition coefficient (Wildman–Crippen LogP) is 2.75. The van der Waals surface area contributed by atoms with E-state index in [1.54, 1.807) is 7.11 Å². The van der Waals surface area contributed by atoms with E-state index in [4.69, 9.17) is 16.3 Å². The Morgan fingerprint density at radius 3 is 2.75 bits per heavy atom. The Morgan fingerprint density at radius 1 is 1.30 bits per heavy atom. The summed E-state index contributed by atoms with van der Waals surface area (Å²) in [5, 5.41) is 4.53. The number of nitrogens with zero attached hydrogens (tertiary/aromatic N) is 1. The van der Waals surface area contributed by atoms with E-state index in [9.17, 15) is 0 Å². The van der Waals surface area contributed by atoms with Crippen LogP contribution in [0.2, 0.25) is 5.02 Å². The summed E-state index contributed by atoms with van der Waals surface area (Å²) < 4.78 is 5.07. The van der Waals surface area contributed by atoms with Crippen molar-refractivity contribution >= 4 is 11.6 Å². The van der Waals surface area contributed by atoms with Crippen LogP contribution in [0.4, 0.5) is 0 Å². The van der Waals surface area contributed by atoms with Crippen LogP contribution in [0.3, 0.4) is 0 Å². The standard InChI is InChI=1S/C16H25ClN2O/c1-19(9-10-20-2)8-7-18-14-11-13(12-14)15-5-3-4-6-16(15)17/h3-6,13-14,18H,7-12H2,1-2H3. The number of benzene rings is 1. The van der Waals surface area contributed by atoms with Crippen molar-refractivity contribution in [3.05, 3.63) is 34.9 Å². The maximum absolute atomic E-state index is 6.23. The summed E-state index contributed by atoms with van der Waals surface area (Å²) in [6, 6.07) is 8.86. The molecule has 0 heterocycles. The second-order valence-corrected chi connectivity index (χ2v) is 6.04. The molecule has 0 saturated heterocycles. The fraction of sp³-hybridized carbons (Fsp3) is 0.625. The smallest absolute Gasteiger partial charge is 0.0589 e. The first-order valence-corrected chi connectivity index (χ1v) is 7.73. The zero-order chi connectivity index (χ0) is 14.4. The molecule has 3 nitrogen and oxygen atoms in total. The van der Waals surface area contributed by atoms with Crippen molar-refractivity contribution < 1.29 is 4.74 Å². The van der Waals surface area contributed by atoms with E-state index in [0.717, 1.165) is 31.3 Å². The highest BCUT2D eigenvalue weighted by molar-refractivity contribution is 6.31. The Labute approximate surface area is 127 Å². The molecule has 112 valence electrons. The fourth-order valence-corrected chi connectivity index (χ4v) is 2.95. The van der Waals surface area contributed by atoms with Crippen molar-refractivity contribution in [2.75, 3.05) is 40.4 Å². The third kappa shape index (κ3) is 4.45.